The zero-order valence-electron chi connectivity index (χ0n) is 10.8. The number of hydrogen-bond donors (Lipinski definition) is 2. The van der Waals surface area contributed by atoms with E-state index in [4.69, 9.17) is 5.73 Å². The van der Waals surface area contributed by atoms with Gasteiger partial charge in [-0.2, -0.15) is 0 Å². The number of nitrogen functional groups attached to an aromatic ring is 1. The fraction of sp³-hybridized carbons (Fsp3) is 0.0769. The van der Waals surface area contributed by atoms with Gasteiger partial charge in [-0.05, 0) is 42.8 Å². The average molecular weight is 377 g/mol. The number of aryl methyl sites for hydroxylation is 1. The molecular formula is C13H11BrF2N2O2S. The van der Waals surface area contributed by atoms with Gasteiger partial charge in [0, 0.05) is 4.47 Å². The van der Waals surface area contributed by atoms with E-state index in [-0.39, 0.29) is 5.69 Å². The summed E-state index contributed by atoms with van der Waals surface area (Å²) in [5.41, 5.74) is 5.40. The number of nitrogens with one attached hydrogen (secondary N) is 1. The van der Waals surface area contributed by atoms with E-state index in [2.05, 4.69) is 20.7 Å². The van der Waals surface area contributed by atoms with Crippen molar-refractivity contribution in [3.05, 3.63) is 52.0 Å². The van der Waals surface area contributed by atoms with Crippen LogP contribution in [0.2, 0.25) is 0 Å². The van der Waals surface area contributed by atoms with Crippen LogP contribution in [0.25, 0.3) is 0 Å². The molecule has 4 nitrogen and oxygen atoms in total. The molecule has 0 aliphatic carbocycles. The van der Waals surface area contributed by atoms with E-state index < -0.39 is 32.2 Å². The Morgan fingerprint density at radius 3 is 2.48 bits per heavy atom. The standard InChI is InChI=1S/C13H11BrF2N2O2S/c1-7-4-8(14)6-9(5-7)18-21(19,20)11-3-2-10(15)13(17)12(11)16/h2-6,18H,17H2,1H3. The normalized spacial score (nSPS) is 11.4. The highest BCUT2D eigenvalue weighted by Gasteiger charge is 2.22. The molecule has 0 unspecified atom stereocenters. The van der Waals surface area contributed by atoms with Gasteiger partial charge in [-0.25, -0.2) is 17.2 Å². The summed E-state index contributed by atoms with van der Waals surface area (Å²) in [7, 11) is -4.21. The fourth-order valence-electron chi connectivity index (χ4n) is 1.76. The van der Waals surface area contributed by atoms with E-state index >= 15 is 0 Å². The molecule has 2 aromatic carbocycles. The number of hydrogen-bond acceptors (Lipinski definition) is 3. The first-order valence-electron chi connectivity index (χ1n) is 5.74. The van der Waals surface area contributed by atoms with Crippen molar-refractivity contribution in [2.45, 2.75) is 11.8 Å². The highest BCUT2D eigenvalue weighted by Crippen LogP contribution is 2.26. The van der Waals surface area contributed by atoms with Crippen molar-refractivity contribution in [3.63, 3.8) is 0 Å². The molecule has 0 spiro atoms. The molecule has 2 rings (SSSR count). The van der Waals surface area contributed by atoms with Crippen molar-refractivity contribution in [1.29, 1.82) is 0 Å². The molecule has 2 aromatic rings. The van der Waals surface area contributed by atoms with E-state index in [0.717, 1.165) is 17.7 Å². The first-order valence-corrected chi connectivity index (χ1v) is 8.02. The van der Waals surface area contributed by atoms with Crippen LogP contribution in [0.4, 0.5) is 20.2 Å². The number of sulfonamides is 1. The van der Waals surface area contributed by atoms with Crippen LogP contribution in [-0.2, 0) is 10.0 Å². The molecule has 0 bridgehead atoms. The molecule has 0 aliphatic rings. The Hall–Kier alpha value is -1.67. The second-order valence-electron chi connectivity index (χ2n) is 4.40. The second kappa shape index (κ2) is 5.61. The Morgan fingerprint density at radius 2 is 1.86 bits per heavy atom. The summed E-state index contributed by atoms with van der Waals surface area (Å²) in [6.07, 6.45) is 0. The van der Waals surface area contributed by atoms with Crippen molar-refractivity contribution >= 4 is 37.3 Å². The summed E-state index contributed by atoms with van der Waals surface area (Å²) in [6.45, 7) is 1.78. The quantitative estimate of drug-likeness (QED) is 0.806. The lowest BCUT2D eigenvalue weighted by molar-refractivity contribution is 0.557. The molecule has 112 valence electrons. The molecule has 0 saturated carbocycles. The van der Waals surface area contributed by atoms with Crippen LogP contribution in [0.15, 0.2) is 39.7 Å². The smallest absolute Gasteiger partial charge is 0.264 e. The molecule has 0 heterocycles. The van der Waals surface area contributed by atoms with Gasteiger partial charge in [-0.1, -0.05) is 15.9 Å². The summed E-state index contributed by atoms with van der Waals surface area (Å²) in [5, 5.41) is 0. The van der Waals surface area contributed by atoms with Crippen molar-refractivity contribution in [1.82, 2.24) is 0 Å². The molecule has 8 heteroatoms. The van der Waals surface area contributed by atoms with Crippen LogP contribution in [0.5, 0.6) is 0 Å². The van der Waals surface area contributed by atoms with Gasteiger partial charge in [0.25, 0.3) is 10.0 Å². The van der Waals surface area contributed by atoms with Gasteiger partial charge in [0.05, 0.1) is 5.69 Å². The van der Waals surface area contributed by atoms with Gasteiger partial charge in [0.15, 0.2) is 5.82 Å². The molecule has 3 N–H and O–H groups in total. The molecule has 0 amide bonds. The van der Waals surface area contributed by atoms with Gasteiger partial charge in [-0.3, -0.25) is 4.72 Å². The zero-order valence-corrected chi connectivity index (χ0v) is 13.2. The summed E-state index contributed by atoms with van der Waals surface area (Å²) in [6, 6.07) is 6.52. The lowest BCUT2D eigenvalue weighted by atomic mass is 10.2. The summed E-state index contributed by atoms with van der Waals surface area (Å²) in [4.78, 5) is -0.709. The first kappa shape index (κ1) is 15.7. The number of benzene rings is 2. The van der Waals surface area contributed by atoms with E-state index in [0.29, 0.717) is 4.47 Å². The van der Waals surface area contributed by atoms with E-state index in [1.54, 1.807) is 19.1 Å². The van der Waals surface area contributed by atoms with Crippen LogP contribution >= 0.6 is 15.9 Å². The van der Waals surface area contributed by atoms with Crippen LogP contribution in [0, 0.1) is 18.6 Å². The minimum atomic E-state index is -4.21. The van der Waals surface area contributed by atoms with Gasteiger partial charge >= 0.3 is 0 Å². The maximum atomic E-state index is 13.8. The predicted octanol–water partition coefficient (Wildman–Crippen LogP) is 3.42. The number of halogens is 3. The highest BCUT2D eigenvalue weighted by atomic mass is 79.9. The Labute approximate surface area is 129 Å². The van der Waals surface area contributed by atoms with Crippen molar-refractivity contribution in [2.75, 3.05) is 10.5 Å². The van der Waals surface area contributed by atoms with Crippen LogP contribution in [0.3, 0.4) is 0 Å². The van der Waals surface area contributed by atoms with Crippen molar-refractivity contribution in [3.8, 4) is 0 Å². The number of rotatable bonds is 3. The van der Waals surface area contributed by atoms with Gasteiger partial charge in [0.1, 0.15) is 16.4 Å². The molecule has 0 radical (unpaired) electrons. The van der Waals surface area contributed by atoms with Crippen LogP contribution in [0.1, 0.15) is 5.56 Å². The van der Waals surface area contributed by atoms with E-state index in [9.17, 15) is 17.2 Å². The SMILES string of the molecule is Cc1cc(Br)cc(NS(=O)(=O)c2ccc(F)c(N)c2F)c1. The Kier molecular flexibility index (Phi) is 4.20. The third-order valence-electron chi connectivity index (χ3n) is 2.67. The lowest BCUT2D eigenvalue weighted by Gasteiger charge is -2.11. The van der Waals surface area contributed by atoms with Gasteiger partial charge < -0.3 is 5.73 Å². The van der Waals surface area contributed by atoms with Gasteiger partial charge in [0.2, 0.25) is 0 Å². The van der Waals surface area contributed by atoms with Crippen molar-refractivity contribution < 1.29 is 17.2 Å². The monoisotopic (exact) mass is 376 g/mol. The largest absolute Gasteiger partial charge is 0.394 e. The second-order valence-corrected chi connectivity index (χ2v) is 6.96. The third-order valence-corrected chi connectivity index (χ3v) is 4.53. The fourth-order valence-corrected chi connectivity index (χ4v) is 3.50. The molecule has 0 aromatic heterocycles. The molecule has 21 heavy (non-hydrogen) atoms. The zero-order chi connectivity index (χ0) is 15.8. The molecule has 0 saturated heterocycles. The minimum Gasteiger partial charge on any atom is -0.394 e. The predicted molar refractivity (Wildman–Crippen MR) is 80.5 cm³/mol. The van der Waals surface area contributed by atoms with E-state index in [1.807, 2.05) is 0 Å². The average Bonchev–Trinajstić information content (AvgIpc) is 2.33. The van der Waals surface area contributed by atoms with Gasteiger partial charge in [-0.15, -0.1) is 0 Å². The maximum absolute atomic E-state index is 13.8. The highest BCUT2D eigenvalue weighted by molar-refractivity contribution is 9.10. The van der Waals surface area contributed by atoms with Crippen LogP contribution in [-0.4, -0.2) is 8.42 Å². The lowest BCUT2D eigenvalue weighted by Crippen LogP contribution is -2.16. The molecule has 0 aliphatic heterocycles. The third kappa shape index (κ3) is 3.33. The molecular weight excluding hydrogens is 366 g/mol. The van der Waals surface area contributed by atoms with E-state index in [1.165, 1.54) is 6.07 Å². The van der Waals surface area contributed by atoms with Crippen molar-refractivity contribution in [2.24, 2.45) is 0 Å². The molecule has 0 fully saturated rings. The molecule has 0 atom stereocenters. The topological polar surface area (TPSA) is 72.2 Å². The Balaban J connectivity index is 2.46. The summed E-state index contributed by atoms with van der Waals surface area (Å²) >= 11 is 3.23. The first-order chi connectivity index (χ1) is 9.70. The Morgan fingerprint density at radius 1 is 1.19 bits per heavy atom. The number of nitrogens with two attached hydrogens (primary N) is 1. The maximum Gasteiger partial charge on any atom is 0.264 e. The summed E-state index contributed by atoms with van der Waals surface area (Å²) < 4.78 is 54.1. The van der Waals surface area contributed by atoms with Crippen LogP contribution < -0.4 is 10.5 Å². The summed E-state index contributed by atoms with van der Waals surface area (Å²) in [5.74, 6) is -2.32. The number of anilines is 2. The Bertz CT molecular complexity index is 790. The minimum absolute atomic E-state index is 0.254.